The third-order valence-corrected chi connectivity index (χ3v) is 3.26. The highest BCUT2D eigenvalue weighted by molar-refractivity contribution is 5.20. The molecule has 2 atom stereocenters. The van der Waals surface area contributed by atoms with Crippen LogP contribution in [0.25, 0.3) is 0 Å². The molecule has 1 fully saturated rings. The molecule has 2 N–H and O–H groups in total. The molecule has 3 rings (SSSR count). The molecule has 0 spiro atoms. The predicted octanol–water partition coefficient (Wildman–Crippen LogP) is 1.13. The van der Waals surface area contributed by atoms with E-state index in [2.05, 4.69) is 10.1 Å². The maximum atomic E-state index is 5.92. The summed E-state index contributed by atoms with van der Waals surface area (Å²) in [7, 11) is 0. The van der Waals surface area contributed by atoms with E-state index in [0.717, 1.165) is 5.75 Å². The molecule has 1 aliphatic heterocycles. The number of nitrogens with zero attached hydrogens (tertiary/aromatic N) is 2. The number of hydrogen-bond donors (Lipinski definition) is 1. The van der Waals surface area contributed by atoms with Crippen LogP contribution in [0.1, 0.15) is 17.6 Å². The van der Waals surface area contributed by atoms with Crippen molar-refractivity contribution < 1.29 is 14.0 Å². The lowest BCUT2D eigenvalue weighted by molar-refractivity contribution is 0.187. The Kier molecular flexibility index (Phi) is 3.94. The van der Waals surface area contributed by atoms with Crippen LogP contribution in [0.3, 0.4) is 0 Å². The molecule has 1 aromatic carbocycles. The minimum atomic E-state index is -0.0659. The molecule has 2 unspecified atom stereocenters. The normalized spacial score (nSPS) is 22.1. The van der Waals surface area contributed by atoms with E-state index in [0.29, 0.717) is 38.0 Å². The molecule has 20 heavy (non-hydrogen) atoms. The number of hydrogen-bond acceptors (Lipinski definition) is 6. The molecule has 1 saturated heterocycles. The van der Waals surface area contributed by atoms with Gasteiger partial charge >= 0.3 is 0 Å². The minimum absolute atomic E-state index is 0.00583. The first-order chi connectivity index (χ1) is 9.83. The highest BCUT2D eigenvalue weighted by Crippen LogP contribution is 2.22. The Morgan fingerprint density at radius 3 is 2.85 bits per heavy atom. The first-order valence-corrected chi connectivity index (χ1v) is 6.66. The summed E-state index contributed by atoms with van der Waals surface area (Å²) in [6, 6.07) is 9.58. The number of rotatable bonds is 5. The fraction of sp³-hybridized carbons (Fsp3) is 0.429. The van der Waals surface area contributed by atoms with Crippen LogP contribution < -0.4 is 10.5 Å². The summed E-state index contributed by atoms with van der Waals surface area (Å²) in [5, 5.41) is 3.95. The second-order valence-corrected chi connectivity index (χ2v) is 4.77. The molecule has 106 valence electrons. The Balaban J connectivity index is 1.52. The number of para-hydroxylation sites is 1. The van der Waals surface area contributed by atoms with Gasteiger partial charge in [0, 0.05) is 12.5 Å². The van der Waals surface area contributed by atoms with Crippen LogP contribution in [0, 0.1) is 0 Å². The summed E-state index contributed by atoms with van der Waals surface area (Å²) < 4.78 is 16.1. The molecule has 6 nitrogen and oxygen atoms in total. The molecule has 2 aromatic rings. The van der Waals surface area contributed by atoms with Crippen molar-refractivity contribution in [1.82, 2.24) is 10.1 Å². The molecule has 1 aliphatic rings. The van der Waals surface area contributed by atoms with Crippen molar-refractivity contribution in [3.05, 3.63) is 42.0 Å². The lowest BCUT2D eigenvalue weighted by atomic mass is 10.1. The molecule has 0 aliphatic carbocycles. The summed E-state index contributed by atoms with van der Waals surface area (Å²) in [6.45, 7) is 1.60. The van der Waals surface area contributed by atoms with Gasteiger partial charge in [-0.3, -0.25) is 0 Å². The van der Waals surface area contributed by atoms with Gasteiger partial charge in [0.2, 0.25) is 5.89 Å². The zero-order valence-electron chi connectivity index (χ0n) is 11.1. The van der Waals surface area contributed by atoms with Crippen molar-refractivity contribution in [2.45, 2.75) is 18.4 Å². The molecule has 2 heterocycles. The van der Waals surface area contributed by atoms with Gasteiger partial charge in [0.25, 0.3) is 0 Å². The van der Waals surface area contributed by atoms with Crippen LogP contribution in [-0.2, 0) is 11.2 Å². The number of ether oxygens (including phenoxy) is 2. The third kappa shape index (κ3) is 2.97. The molecule has 1 aromatic heterocycles. The van der Waals surface area contributed by atoms with Gasteiger partial charge in [-0.15, -0.1) is 0 Å². The largest absolute Gasteiger partial charge is 0.493 e. The monoisotopic (exact) mass is 275 g/mol. The van der Waals surface area contributed by atoms with Gasteiger partial charge in [-0.05, 0) is 12.1 Å². The van der Waals surface area contributed by atoms with Gasteiger partial charge in [0.15, 0.2) is 5.82 Å². The third-order valence-electron chi connectivity index (χ3n) is 3.26. The number of benzene rings is 1. The van der Waals surface area contributed by atoms with Gasteiger partial charge < -0.3 is 19.7 Å². The Morgan fingerprint density at radius 2 is 2.10 bits per heavy atom. The van der Waals surface area contributed by atoms with E-state index >= 15 is 0 Å². The van der Waals surface area contributed by atoms with Gasteiger partial charge in [0.1, 0.15) is 5.75 Å². The smallest absolute Gasteiger partial charge is 0.233 e. The van der Waals surface area contributed by atoms with Crippen LogP contribution >= 0.6 is 0 Å². The maximum Gasteiger partial charge on any atom is 0.233 e. The van der Waals surface area contributed by atoms with Crippen LogP contribution in [0.2, 0.25) is 0 Å². The summed E-state index contributed by atoms with van der Waals surface area (Å²) >= 11 is 0. The topological polar surface area (TPSA) is 83.4 Å². The SMILES string of the molecule is NC1COCC1c1nc(CCOc2ccccc2)no1. The van der Waals surface area contributed by atoms with Crippen LogP contribution in [0.5, 0.6) is 5.75 Å². The predicted molar refractivity (Wildman–Crippen MR) is 71.5 cm³/mol. The molecule has 0 saturated carbocycles. The van der Waals surface area contributed by atoms with E-state index in [1.54, 1.807) is 0 Å². The van der Waals surface area contributed by atoms with Gasteiger partial charge in [-0.2, -0.15) is 4.98 Å². The van der Waals surface area contributed by atoms with Gasteiger partial charge in [-0.1, -0.05) is 23.4 Å². The first-order valence-electron chi connectivity index (χ1n) is 6.66. The second kappa shape index (κ2) is 6.02. The van der Waals surface area contributed by atoms with Gasteiger partial charge in [0.05, 0.1) is 25.7 Å². The standard InChI is InChI=1S/C14H17N3O3/c15-12-9-18-8-11(12)14-16-13(17-20-14)6-7-19-10-4-2-1-3-5-10/h1-5,11-12H,6-9,15H2. The van der Waals surface area contributed by atoms with Crippen molar-refractivity contribution >= 4 is 0 Å². The van der Waals surface area contributed by atoms with Crippen molar-refractivity contribution in [3.63, 3.8) is 0 Å². The number of nitrogens with two attached hydrogens (primary N) is 1. The highest BCUT2D eigenvalue weighted by Gasteiger charge is 2.31. The molecule has 6 heteroatoms. The Labute approximate surface area is 116 Å². The first kappa shape index (κ1) is 13.1. The van der Waals surface area contributed by atoms with E-state index < -0.39 is 0 Å². The van der Waals surface area contributed by atoms with Crippen LogP contribution in [-0.4, -0.2) is 36.0 Å². The zero-order chi connectivity index (χ0) is 13.8. The molecule has 0 bridgehead atoms. The van der Waals surface area contributed by atoms with E-state index in [4.69, 9.17) is 19.7 Å². The molecular weight excluding hydrogens is 258 g/mol. The lowest BCUT2D eigenvalue weighted by Gasteiger charge is -2.06. The second-order valence-electron chi connectivity index (χ2n) is 4.77. The Hall–Kier alpha value is -1.92. The summed E-state index contributed by atoms with van der Waals surface area (Å²) in [5.74, 6) is 2.04. The van der Waals surface area contributed by atoms with Crippen molar-refractivity contribution in [2.75, 3.05) is 19.8 Å². The molecular formula is C14H17N3O3. The summed E-state index contributed by atoms with van der Waals surface area (Å²) in [5.41, 5.74) is 5.92. The van der Waals surface area contributed by atoms with E-state index in [1.165, 1.54) is 0 Å². The average molecular weight is 275 g/mol. The van der Waals surface area contributed by atoms with Crippen molar-refractivity contribution in [3.8, 4) is 5.75 Å². The van der Waals surface area contributed by atoms with Gasteiger partial charge in [-0.25, -0.2) is 0 Å². The summed E-state index contributed by atoms with van der Waals surface area (Å²) in [4.78, 5) is 4.36. The highest BCUT2D eigenvalue weighted by atomic mass is 16.5. The zero-order valence-corrected chi connectivity index (χ0v) is 11.1. The maximum absolute atomic E-state index is 5.92. The molecule has 0 amide bonds. The van der Waals surface area contributed by atoms with Crippen LogP contribution in [0.15, 0.2) is 34.9 Å². The fourth-order valence-electron chi connectivity index (χ4n) is 2.12. The lowest BCUT2D eigenvalue weighted by Crippen LogP contribution is -2.27. The average Bonchev–Trinajstić information content (AvgIpc) is 3.09. The van der Waals surface area contributed by atoms with Crippen molar-refractivity contribution in [1.29, 1.82) is 0 Å². The minimum Gasteiger partial charge on any atom is -0.493 e. The van der Waals surface area contributed by atoms with E-state index in [1.807, 2.05) is 30.3 Å². The Bertz CT molecular complexity index is 544. The molecule has 0 radical (unpaired) electrons. The van der Waals surface area contributed by atoms with E-state index in [9.17, 15) is 0 Å². The fourth-order valence-corrected chi connectivity index (χ4v) is 2.12. The van der Waals surface area contributed by atoms with Crippen molar-refractivity contribution in [2.24, 2.45) is 5.73 Å². The Morgan fingerprint density at radius 1 is 1.25 bits per heavy atom. The quantitative estimate of drug-likeness (QED) is 0.880. The number of aromatic nitrogens is 2. The van der Waals surface area contributed by atoms with E-state index in [-0.39, 0.29) is 12.0 Å². The van der Waals surface area contributed by atoms with Crippen LogP contribution in [0.4, 0.5) is 0 Å². The summed E-state index contributed by atoms with van der Waals surface area (Å²) in [6.07, 6.45) is 0.598.